The number of hydrogen-bond donors (Lipinski definition) is 2. The molecule has 0 fully saturated rings. The van der Waals surface area contributed by atoms with E-state index in [0.717, 1.165) is 6.07 Å². The summed E-state index contributed by atoms with van der Waals surface area (Å²) in [5, 5.41) is 11.0. The van der Waals surface area contributed by atoms with Crippen molar-refractivity contribution in [3.8, 4) is 0 Å². The molecule has 0 radical (unpaired) electrons. The molecule has 1 rings (SSSR count). The minimum atomic E-state index is -1.21. The molecule has 0 aromatic heterocycles. The molecule has 0 atom stereocenters. The van der Waals surface area contributed by atoms with Crippen LogP contribution in [-0.2, 0) is 4.79 Å². The number of hydrogen-bond acceptors (Lipinski definition) is 2. The number of carbonyl (C=O) groups is 2. The molecule has 0 heterocycles. The fourth-order valence-corrected chi connectivity index (χ4v) is 1.20. The zero-order valence-electron chi connectivity index (χ0n) is 9.07. The number of carbonyl (C=O) groups excluding carboxylic acids is 1. The molecule has 5 heteroatoms. The second-order valence-corrected chi connectivity index (χ2v) is 3.38. The third-order valence-electron chi connectivity index (χ3n) is 2.07. The average molecular weight is 237 g/mol. The lowest BCUT2D eigenvalue weighted by molar-refractivity contribution is -0.116. The van der Waals surface area contributed by atoms with Gasteiger partial charge in [-0.25, -0.2) is 9.18 Å². The van der Waals surface area contributed by atoms with E-state index in [1.807, 2.05) is 0 Å². The van der Waals surface area contributed by atoms with Gasteiger partial charge in [0, 0.05) is 6.42 Å². The van der Waals surface area contributed by atoms with Gasteiger partial charge in [0.05, 0.1) is 11.3 Å². The van der Waals surface area contributed by atoms with Gasteiger partial charge in [0.15, 0.2) is 0 Å². The van der Waals surface area contributed by atoms with Crippen LogP contribution in [0, 0.1) is 5.82 Å². The molecule has 0 aliphatic rings. The Bertz CT molecular complexity index is 457. The van der Waals surface area contributed by atoms with Crippen molar-refractivity contribution in [1.29, 1.82) is 0 Å². The Morgan fingerprint density at radius 1 is 1.47 bits per heavy atom. The van der Waals surface area contributed by atoms with Gasteiger partial charge in [-0.1, -0.05) is 6.08 Å². The summed E-state index contributed by atoms with van der Waals surface area (Å²) in [5.74, 6) is -2.32. The Kier molecular flexibility index (Phi) is 4.39. The highest BCUT2D eigenvalue weighted by molar-refractivity contribution is 5.92. The number of carboxylic acids is 1. The van der Waals surface area contributed by atoms with Crippen LogP contribution in [0.5, 0.6) is 0 Å². The first-order valence-electron chi connectivity index (χ1n) is 4.98. The van der Waals surface area contributed by atoms with E-state index in [0.29, 0.717) is 6.42 Å². The fourth-order valence-electron chi connectivity index (χ4n) is 1.20. The summed E-state index contributed by atoms with van der Waals surface area (Å²) in [6.45, 7) is 3.47. The third kappa shape index (κ3) is 3.71. The third-order valence-corrected chi connectivity index (χ3v) is 2.07. The summed E-state index contributed by atoms with van der Waals surface area (Å²) in [6.07, 6.45) is 2.30. The quantitative estimate of drug-likeness (QED) is 0.773. The molecule has 17 heavy (non-hydrogen) atoms. The molecule has 0 aliphatic heterocycles. The summed E-state index contributed by atoms with van der Waals surface area (Å²) >= 11 is 0. The molecular formula is C12H12FNO3. The van der Waals surface area contributed by atoms with Crippen molar-refractivity contribution in [3.05, 3.63) is 42.2 Å². The van der Waals surface area contributed by atoms with E-state index >= 15 is 0 Å². The predicted octanol–water partition coefficient (Wildman–Crippen LogP) is 2.43. The van der Waals surface area contributed by atoms with Crippen LogP contribution in [0.25, 0.3) is 0 Å². The Balaban J connectivity index is 2.75. The Hall–Kier alpha value is -2.17. The van der Waals surface area contributed by atoms with Gasteiger partial charge in [-0.15, -0.1) is 6.58 Å². The normalized spacial score (nSPS) is 9.71. The van der Waals surface area contributed by atoms with Gasteiger partial charge in [-0.2, -0.15) is 0 Å². The molecule has 0 saturated carbocycles. The summed E-state index contributed by atoms with van der Waals surface area (Å²) in [6, 6.07) is 3.32. The smallest absolute Gasteiger partial charge is 0.335 e. The number of carboxylic acid groups (broad SMARTS) is 1. The van der Waals surface area contributed by atoms with Crippen LogP contribution < -0.4 is 5.32 Å². The largest absolute Gasteiger partial charge is 0.478 e. The molecule has 0 spiro atoms. The van der Waals surface area contributed by atoms with Crippen molar-refractivity contribution < 1.29 is 19.1 Å². The Morgan fingerprint density at radius 2 is 2.18 bits per heavy atom. The molecule has 2 N–H and O–H groups in total. The maximum atomic E-state index is 13.4. The molecule has 1 aromatic rings. The lowest BCUT2D eigenvalue weighted by Crippen LogP contribution is -2.12. The van der Waals surface area contributed by atoms with Gasteiger partial charge in [-0.3, -0.25) is 4.79 Å². The highest BCUT2D eigenvalue weighted by Gasteiger charge is 2.10. The maximum absolute atomic E-state index is 13.4. The van der Waals surface area contributed by atoms with Gasteiger partial charge in [-0.05, 0) is 24.6 Å². The van der Waals surface area contributed by atoms with Crippen LogP contribution in [0.2, 0.25) is 0 Å². The Morgan fingerprint density at radius 3 is 2.71 bits per heavy atom. The van der Waals surface area contributed by atoms with E-state index in [4.69, 9.17) is 5.11 Å². The monoisotopic (exact) mass is 237 g/mol. The second-order valence-electron chi connectivity index (χ2n) is 3.38. The number of amides is 1. The SMILES string of the molecule is C=CCCC(=O)Nc1ccc(C(=O)O)cc1F. The highest BCUT2D eigenvalue weighted by Crippen LogP contribution is 2.16. The first-order valence-corrected chi connectivity index (χ1v) is 4.98. The minimum absolute atomic E-state index is 0.0240. The topological polar surface area (TPSA) is 66.4 Å². The summed E-state index contributed by atoms with van der Waals surface area (Å²) in [5.41, 5.74) is -0.185. The van der Waals surface area contributed by atoms with E-state index in [2.05, 4.69) is 11.9 Å². The zero-order chi connectivity index (χ0) is 12.8. The average Bonchev–Trinajstić information content (AvgIpc) is 2.28. The molecule has 0 bridgehead atoms. The molecule has 1 amide bonds. The van der Waals surface area contributed by atoms with E-state index in [9.17, 15) is 14.0 Å². The van der Waals surface area contributed by atoms with E-state index < -0.39 is 11.8 Å². The van der Waals surface area contributed by atoms with E-state index in [1.54, 1.807) is 6.08 Å². The van der Waals surface area contributed by atoms with Gasteiger partial charge >= 0.3 is 5.97 Å². The number of aromatic carboxylic acids is 1. The molecule has 90 valence electrons. The zero-order valence-corrected chi connectivity index (χ0v) is 9.07. The molecule has 1 aromatic carbocycles. The minimum Gasteiger partial charge on any atom is -0.478 e. The van der Waals surface area contributed by atoms with Crippen LogP contribution in [0.15, 0.2) is 30.9 Å². The number of halogens is 1. The highest BCUT2D eigenvalue weighted by atomic mass is 19.1. The van der Waals surface area contributed by atoms with Crippen LogP contribution in [0.3, 0.4) is 0 Å². The molecule has 0 unspecified atom stereocenters. The van der Waals surface area contributed by atoms with Crippen molar-refractivity contribution in [2.75, 3.05) is 5.32 Å². The number of anilines is 1. The summed E-state index contributed by atoms with van der Waals surface area (Å²) in [7, 11) is 0. The second kappa shape index (κ2) is 5.79. The Labute approximate surface area is 97.8 Å². The molecule has 0 saturated heterocycles. The van der Waals surface area contributed by atoms with Crippen LogP contribution in [0.1, 0.15) is 23.2 Å². The first kappa shape index (κ1) is 12.9. The number of benzene rings is 1. The standard InChI is InChI=1S/C12H12FNO3/c1-2-3-4-11(15)14-10-6-5-8(12(16)17)7-9(10)13/h2,5-7H,1,3-4H2,(H,14,15)(H,16,17). The number of allylic oxidation sites excluding steroid dienone is 1. The lowest BCUT2D eigenvalue weighted by Gasteiger charge is -2.06. The van der Waals surface area contributed by atoms with Crippen molar-refractivity contribution in [2.24, 2.45) is 0 Å². The first-order chi connectivity index (χ1) is 8.04. The van der Waals surface area contributed by atoms with Gasteiger partial charge in [0.2, 0.25) is 5.91 Å². The van der Waals surface area contributed by atoms with Gasteiger partial charge < -0.3 is 10.4 Å². The fraction of sp³-hybridized carbons (Fsp3) is 0.167. The predicted molar refractivity (Wildman–Crippen MR) is 61.4 cm³/mol. The molecule has 4 nitrogen and oxygen atoms in total. The van der Waals surface area contributed by atoms with Crippen LogP contribution in [-0.4, -0.2) is 17.0 Å². The lowest BCUT2D eigenvalue weighted by atomic mass is 10.2. The van der Waals surface area contributed by atoms with Crippen molar-refractivity contribution >= 4 is 17.6 Å². The van der Waals surface area contributed by atoms with Crippen molar-refractivity contribution in [2.45, 2.75) is 12.8 Å². The number of rotatable bonds is 5. The van der Waals surface area contributed by atoms with E-state index in [1.165, 1.54) is 12.1 Å². The summed E-state index contributed by atoms with van der Waals surface area (Å²) < 4.78 is 13.4. The number of nitrogens with one attached hydrogen (secondary N) is 1. The van der Waals surface area contributed by atoms with Crippen LogP contribution >= 0.6 is 0 Å². The summed E-state index contributed by atoms with van der Waals surface area (Å²) in [4.78, 5) is 21.9. The van der Waals surface area contributed by atoms with Gasteiger partial charge in [0.25, 0.3) is 0 Å². The molecule has 0 aliphatic carbocycles. The van der Waals surface area contributed by atoms with Crippen molar-refractivity contribution in [1.82, 2.24) is 0 Å². The molecular weight excluding hydrogens is 225 g/mol. The van der Waals surface area contributed by atoms with E-state index in [-0.39, 0.29) is 23.6 Å². The maximum Gasteiger partial charge on any atom is 0.335 e. The van der Waals surface area contributed by atoms with Crippen LogP contribution in [0.4, 0.5) is 10.1 Å². The van der Waals surface area contributed by atoms with Crippen molar-refractivity contribution in [3.63, 3.8) is 0 Å². The van der Waals surface area contributed by atoms with Gasteiger partial charge in [0.1, 0.15) is 5.82 Å².